The van der Waals surface area contributed by atoms with Gasteiger partial charge < -0.3 is 14.6 Å². The van der Waals surface area contributed by atoms with Gasteiger partial charge in [0.2, 0.25) is 0 Å². The molecule has 2 aromatic carbocycles. The first-order chi connectivity index (χ1) is 9.73. The fourth-order valence-electron chi connectivity index (χ4n) is 2.48. The molecular weight excluding hydrogens is 252 g/mol. The number of ether oxygens (including phenoxy) is 2. The van der Waals surface area contributed by atoms with Crippen LogP contribution in [0.2, 0.25) is 0 Å². The number of rotatable bonds is 5. The van der Waals surface area contributed by atoms with Crippen LogP contribution in [0.3, 0.4) is 0 Å². The molecule has 0 saturated heterocycles. The highest BCUT2D eigenvalue weighted by Gasteiger charge is 2.46. The quantitative estimate of drug-likeness (QED) is 0.903. The second kappa shape index (κ2) is 5.08. The molecule has 3 nitrogen and oxygen atoms in total. The summed E-state index contributed by atoms with van der Waals surface area (Å²) in [7, 11) is 1.64. The van der Waals surface area contributed by atoms with Crippen LogP contribution < -0.4 is 9.47 Å². The maximum absolute atomic E-state index is 9.99. The second-order valence-corrected chi connectivity index (χ2v) is 5.27. The molecular formula is C17H18O3. The van der Waals surface area contributed by atoms with Crippen molar-refractivity contribution >= 4 is 0 Å². The van der Waals surface area contributed by atoms with Crippen molar-refractivity contribution in [1.82, 2.24) is 0 Å². The molecule has 0 spiro atoms. The standard InChI is InChI=1S/C17H18O3/c1-19-13-5-4-6-14(11-13)20-12-17(9-10-17)15-7-2-3-8-16(15)18/h2-8,11,18H,9-10,12H2,1H3. The minimum Gasteiger partial charge on any atom is -0.508 e. The van der Waals surface area contributed by atoms with Gasteiger partial charge in [0.05, 0.1) is 13.7 Å². The smallest absolute Gasteiger partial charge is 0.123 e. The van der Waals surface area contributed by atoms with Gasteiger partial charge in [-0.2, -0.15) is 0 Å². The van der Waals surface area contributed by atoms with Gasteiger partial charge in [-0.3, -0.25) is 0 Å². The van der Waals surface area contributed by atoms with E-state index in [0.29, 0.717) is 12.4 Å². The molecule has 3 rings (SSSR count). The van der Waals surface area contributed by atoms with Crippen molar-refractivity contribution in [2.45, 2.75) is 18.3 Å². The van der Waals surface area contributed by atoms with Gasteiger partial charge in [-0.1, -0.05) is 24.3 Å². The van der Waals surface area contributed by atoms with E-state index >= 15 is 0 Å². The Morgan fingerprint density at radius 2 is 1.80 bits per heavy atom. The summed E-state index contributed by atoms with van der Waals surface area (Å²) >= 11 is 0. The molecule has 1 saturated carbocycles. The van der Waals surface area contributed by atoms with Crippen LogP contribution in [0.15, 0.2) is 48.5 Å². The van der Waals surface area contributed by atoms with Crippen LogP contribution in [0.1, 0.15) is 18.4 Å². The molecule has 0 amide bonds. The molecule has 1 fully saturated rings. The number of phenols is 1. The molecule has 0 unspecified atom stereocenters. The topological polar surface area (TPSA) is 38.7 Å². The Kier molecular flexibility index (Phi) is 3.26. The lowest BCUT2D eigenvalue weighted by molar-refractivity contribution is 0.273. The van der Waals surface area contributed by atoms with Crippen molar-refractivity contribution in [1.29, 1.82) is 0 Å². The molecule has 0 heterocycles. The van der Waals surface area contributed by atoms with E-state index in [2.05, 4.69) is 0 Å². The molecule has 3 heteroatoms. The molecule has 0 atom stereocenters. The average Bonchev–Trinajstić information content (AvgIpc) is 3.27. The van der Waals surface area contributed by atoms with Gasteiger partial charge in [-0.25, -0.2) is 0 Å². The first kappa shape index (κ1) is 12.9. The summed E-state index contributed by atoms with van der Waals surface area (Å²) in [4.78, 5) is 0. The number of hydrogen-bond acceptors (Lipinski definition) is 3. The minimum atomic E-state index is -0.0333. The Bertz CT molecular complexity index is 603. The third kappa shape index (κ3) is 2.44. The van der Waals surface area contributed by atoms with E-state index < -0.39 is 0 Å². The number of benzene rings is 2. The first-order valence-electron chi connectivity index (χ1n) is 6.79. The molecule has 1 N–H and O–H groups in total. The van der Waals surface area contributed by atoms with Crippen molar-refractivity contribution in [2.24, 2.45) is 0 Å². The van der Waals surface area contributed by atoms with E-state index in [1.807, 2.05) is 42.5 Å². The van der Waals surface area contributed by atoms with E-state index in [1.54, 1.807) is 13.2 Å². The van der Waals surface area contributed by atoms with Gasteiger partial charge >= 0.3 is 0 Å². The molecule has 1 aliphatic carbocycles. The van der Waals surface area contributed by atoms with E-state index in [4.69, 9.17) is 9.47 Å². The van der Waals surface area contributed by atoms with Crippen LogP contribution >= 0.6 is 0 Å². The highest BCUT2D eigenvalue weighted by atomic mass is 16.5. The van der Waals surface area contributed by atoms with Crippen molar-refractivity contribution in [3.05, 3.63) is 54.1 Å². The zero-order valence-electron chi connectivity index (χ0n) is 11.5. The first-order valence-corrected chi connectivity index (χ1v) is 6.79. The van der Waals surface area contributed by atoms with Crippen LogP contribution in [0, 0.1) is 0 Å². The third-order valence-electron chi connectivity index (χ3n) is 3.89. The number of hydrogen-bond donors (Lipinski definition) is 1. The highest BCUT2D eigenvalue weighted by Crippen LogP contribution is 2.51. The lowest BCUT2D eigenvalue weighted by Crippen LogP contribution is -2.17. The molecule has 0 aromatic heterocycles. The van der Waals surface area contributed by atoms with Gasteiger partial charge in [0.25, 0.3) is 0 Å². The summed E-state index contributed by atoms with van der Waals surface area (Å²) in [6, 6.07) is 15.1. The van der Waals surface area contributed by atoms with Gasteiger partial charge in [0.1, 0.15) is 17.2 Å². The third-order valence-corrected chi connectivity index (χ3v) is 3.89. The molecule has 0 bridgehead atoms. The zero-order chi connectivity index (χ0) is 14.0. The van der Waals surface area contributed by atoms with E-state index in [9.17, 15) is 5.11 Å². The number of phenolic OH excluding ortho intramolecular Hbond substituents is 1. The number of methoxy groups -OCH3 is 1. The zero-order valence-corrected chi connectivity index (χ0v) is 11.5. The van der Waals surface area contributed by atoms with Crippen LogP contribution in [0.5, 0.6) is 17.2 Å². The molecule has 0 radical (unpaired) electrons. The maximum atomic E-state index is 9.99. The number of para-hydroxylation sites is 1. The van der Waals surface area contributed by atoms with Crippen LogP contribution in [0.4, 0.5) is 0 Å². The normalized spacial score (nSPS) is 15.7. The average molecular weight is 270 g/mol. The Morgan fingerprint density at radius 3 is 2.50 bits per heavy atom. The summed E-state index contributed by atoms with van der Waals surface area (Å²) in [6.07, 6.45) is 2.10. The van der Waals surface area contributed by atoms with Crippen LogP contribution in [-0.2, 0) is 5.41 Å². The van der Waals surface area contributed by atoms with E-state index in [1.165, 1.54) is 0 Å². The molecule has 20 heavy (non-hydrogen) atoms. The van der Waals surface area contributed by atoms with Crippen LogP contribution in [0.25, 0.3) is 0 Å². The molecule has 2 aromatic rings. The van der Waals surface area contributed by atoms with Gasteiger partial charge in [-0.05, 0) is 31.0 Å². The fraction of sp³-hybridized carbons (Fsp3) is 0.294. The van der Waals surface area contributed by atoms with Gasteiger partial charge in [-0.15, -0.1) is 0 Å². The lowest BCUT2D eigenvalue weighted by Gasteiger charge is -2.18. The van der Waals surface area contributed by atoms with Crippen molar-refractivity contribution in [3.8, 4) is 17.2 Å². The Hall–Kier alpha value is -2.16. The molecule has 104 valence electrons. The lowest BCUT2D eigenvalue weighted by atomic mass is 9.96. The highest BCUT2D eigenvalue weighted by molar-refractivity contribution is 5.42. The second-order valence-electron chi connectivity index (χ2n) is 5.27. The van der Waals surface area contributed by atoms with Gasteiger partial charge in [0, 0.05) is 17.0 Å². The van der Waals surface area contributed by atoms with Gasteiger partial charge in [0.15, 0.2) is 0 Å². The minimum absolute atomic E-state index is 0.0333. The maximum Gasteiger partial charge on any atom is 0.123 e. The summed E-state index contributed by atoms with van der Waals surface area (Å²) in [5.41, 5.74) is 0.955. The summed E-state index contributed by atoms with van der Waals surface area (Å²) < 4.78 is 11.1. The fourth-order valence-corrected chi connectivity index (χ4v) is 2.48. The van der Waals surface area contributed by atoms with E-state index in [0.717, 1.165) is 29.9 Å². The largest absolute Gasteiger partial charge is 0.508 e. The molecule has 0 aliphatic heterocycles. The SMILES string of the molecule is COc1cccc(OCC2(c3ccccc3O)CC2)c1. The summed E-state index contributed by atoms with van der Waals surface area (Å²) in [6.45, 7) is 0.581. The van der Waals surface area contributed by atoms with Crippen molar-refractivity contribution in [3.63, 3.8) is 0 Å². The number of aromatic hydroxyl groups is 1. The van der Waals surface area contributed by atoms with Crippen LogP contribution in [-0.4, -0.2) is 18.8 Å². The monoisotopic (exact) mass is 270 g/mol. The Labute approximate surface area is 118 Å². The van der Waals surface area contributed by atoms with Crippen molar-refractivity contribution in [2.75, 3.05) is 13.7 Å². The molecule has 1 aliphatic rings. The predicted octanol–water partition coefficient (Wildman–Crippen LogP) is 3.51. The Morgan fingerprint density at radius 1 is 1.05 bits per heavy atom. The Balaban J connectivity index is 1.73. The summed E-state index contributed by atoms with van der Waals surface area (Å²) in [5.74, 6) is 1.94. The van der Waals surface area contributed by atoms with E-state index in [-0.39, 0.29) is 5.41 Å². The summed E-state index contributed by atoms with van der Waals surface area (Å²) in [5, 5.41) is 9.99. The predicted molar refractivity (Wildman–Crippen MR) is 77.5 cm³/mol. The van der Waals surface area contributed by atoms with Crippen molar-refractivity contribution < 1.29 is 14.6 Å².